The first-order chi connectivity index (χ1) is 10.9. The molecule has 0 amide bonds. The van der Waals surface area contributed by atoms with Gasteiger partial charge in [-0.15, -0.1) is 0 Å². The molecular weight excluding hydrogens is 321 g/mol. The summed E-state index contributed by atoms with van der Waals surface area (Å²) in [4.78, 5) is 1.88. The van der Waals surface area contributed by atoms with Crippen LogP contribution in [-0.2, 0) is 19.3 Å². The normalized spacial score (nSPS) is 22.3. The topological polar surface area (TPSA) is 55.8 Å². The molecular formula is C16H22FNO4S. The molecule has 1 atom stereocenters. The highest BCUT2D eigenvalue weighted by atomic mass is 32.2. The van der Waals surface area contributed by atoms with Crippen LogP contribution in [0.1, 0.15) is 12.8 Å². The summed E-state index contributed by atoms with van der Waals surface area (Å²) in [6.45, 7) is 2.91. The van der Waals surface area contributed by atoms with E-state index in [0.717, 1.165) is 18.9 Å². The van der Waals surface area contributed by atoms with Crippen molar-refractivity contribution in [2.75, 3.05) is 44.1 Å². The van der Waals surface area contributed by atoms with Crippen molar-refractivity contribution in [3.63, 3.8) is 0 Å². The van der Waals surface area contributed by atoms with Crippen LogP contribution in [0.15, 0.2) is 23.1 Å². The fourth-order valence-corrected chi connectivity index (χ4v) is 3.30. The zero-order chi connectivity index (χ0) is 16.4. The van der Waals surface area contributed by atoms with Gasteiger partial charge in [0.2, 0.25) is 0 Å². The van der Waals surface area contributed by atoms with Gasteiger partial charge in [-0.3, -0.25) is 0 Å². The van der Waals surface area contributed by atoms with Gasteiger partial charge in [0.15, 0.2) is 9.84 Å². The smallest absolute Gasteiger partial charge is 0.175 e. The minimum Gasteiger partial charge on any atom is -0.378 e. The Hall–Kier alpha value is -1.18. The number of sulfone groups is 1. The molecule has 0 radical (unpaired) electrons. The van der Waals surface area contributed by atoms with Gasteiger partial charge >= 0.3 is 0 Å². The van der Waals surface area contributed by atoms with Crippen LogP contribution in [0.5, 0.6) is 0 Å². The Morgan fingerprint density at radius 3 is 2.78 bits per heavy atom. The first-order valence-corrected chi connectivity index (χ1v) is 9.76. The number of nitrogens with zero attached hydrogens (tertiary/aromatic N) is 1. The minimum atomic E-state index is -3.40. The van der Waals surface area contributed by atoms with E-state index in [1.165, 1.54) is 25.0 Å². The maximum absolute atomic E-state index is 14.3. The van der Waals surface area contributed by atoms with E-state index in [9.17, 15) is 12.8 Å². The van der Waals surface area contributed by atoms with Crippen LogP contribution < -0.4 is 4.90 Å². The third-order valence-electron chi connectivity index (χ3n) is 4.18. The van der Waals surface area contributed by atoms with Crippen LogP contribution in [0.25, 0.3) is 0 Å². The lowest BCUT2D eigenvalue weighted by molar-refractivity contribution is -0.0258. The van der Waals surface area contributed by atoms with Crippen LogP contribution in [0.2, 0.25) is 0 Å². The van der Waals surface area contributed by atoms with Crippen molar-refractivity contribution < 1.29 is 22.3 Å². The molecule has 23 heavy (non-hydrogen) atoms. The van der Waals surface area contributed by atoms with Crippen molar-refractivity contribution >= 4 is 15.5 Å². The van der Waals surface area contributed by atoms with E-state index in [1.54, 1.807) is 0 Å². The first kappa shape index (κ1) is 16.7. The van der Waals surface area contributed by atoms with E-state index in [1.807, 2.05) is 4.90 Å². The molecule has 2 fully saturated rings. The summed E-state index contributed by atoms with van der Waals surface area (Å²) in [5.74, 6) is 0.183. The largest absolute Gasteiger partial charge is 0.378 e. The summed E-state index contributed by atoms with van der Waals surface area (Å²) in [5.41, 5.74) is 0.410. The average Bonchev–Trinajstić information content (AvgIpc) is 3.31. The second-order valence-electron chi connectivity index (χ2n) is 6.31. The Kier molecular flexibility index (Phi) is 4.89. The van der Waals surface area contributed by atoms with Crippen LogP contribution in [0.3, 0.4) is 0 Å². The van der Waals surface area contributed by atoms with Crippen LogP contribution >= 0.6 is 0 Å². The van der Waals surface area contributed by atoms with Gasteiger partial charge in [0.05, 0.1) is 29.9 Å². The molecule has 1 heterocycles. The predicted molar refractivity (Wildman–Crippen MR) is 85.0 cm³/mol. The zero-order valence-corrected chi connectivity index (χ0v) is 14.0. The molecule has 1 saturated heterocycles. The molecule has 0 bridgehead atoms. The molecule has 1 aromatic carbocycles. The van der Waals surface area contributed by atoms with Gasteiger partial charge in [-0.05, 0) is 37.0 Å². The number of anilines is 1. The fourth-order valence-electron chi connectivity index (χ4n) is 2.66. The standard InChI is InChI=1S/C16H22FNO4S/c1-23(19,20)14-4-5-16(15(17)8-14)18-6-7-22-13(9-18)11-21-10-12-2-3-12/h4-5,8,12-13H,2-3,6-7,9-11H2,1H3. The van der Waals surface area contributed by atoms with Crippen molar-refractivity contribution in [1.29, 1.82) is 0 Å². The van der Waals surface area contributed by atoms with E-state index in [4.69, 9.17) is 9.47 Å². The van der Waals surface area contributed by atoms with Gasteiger partial charge in [-0.25, -0.2) is 12.8 Å². The maximum Gasteiger partial charge on any atom is 0.175 e. The number of hydrogen-bond acceptors (Lipinski definition) is 5. The molecule has 1 saturated carbocycles. The molecule has 0 spiro atoms. The van der Waals surface area contributed by atoms with E-state index in [-0.39, 0.29) is 11.0 Å². The van der Waals surface area contributed by atoms with Crippen LogP contribution in [-0.4, -0.2) is 53.7 Å². The van der Waals surface area contributed by atoms with Crippen molar-refractivity contribution in [2.45, 2.75) is 23.8 Å². The lowest BCUT2D eigenvalue weighted by Crippen LogP contribution is -2.45. The highest BCUT2D eigenvalue weighted by Gasteiger charge is 2.25. The third kappa shape index (κ3) is 4.43. The van der Waals surface area contributed by atoms with E-state index in [2.05, 4.69) is 0 Å². The monoisotopic (exact) mass is 343 g/mol. The van der Waals surface area contributed by atoms with Gasteiger partial charge in [-0.2, -0.15) is 0 Å². The highest BCUT2D eigenvalue weighted by molar-refractivity contribution is 7.90. The molecule has 1 unspecified atom stereocenters. The molecule has 2 aliphatic rings. The quantitative estimate of drug-likeness (QED) is 0.789. The summed E-state index contributed by atoms with van der Waals surface area (Å²) in [6, 6.07) is 4.06. The number of rotatable bonds is 6. The van der Waals surface area contributed by atoms with Gasteiger partial charge in [0, 0.05) is 26.0 Å². The zero-order valence-electron chi connectivity index (χ0n) is 13.2. The van der Waals surface area contributed by atoms with Gasteiger partial charge in [0.1, 0.15) is 5.82 Å². The Bertz CT molecular complexity index is 660. The van der Waals surface area contributed by atoms with E-state index in [0.29, 0.717) is 37.9 Å². The van der Waals surface area contributed by atoms with Crippen molar-refractivity contribution in [3.8, 4) is 0 Å². The summed E-state index contributed by atoms with van der Waals surface area (Å²) in [7, 11) is -3.40. The van der Waals surface area contributed by atoms with Gasteiger partial charge < -0.3 is 14.4 Å². The third-order valence-corrected chi connectivity index (χ3v) is 5.29. The molecule has 1 aliphatic carbocycles. The van der Waals surface area contributed by atoms with Gasteiger partial charge in [-0.1, -0.05) is 0 Å². The van der Waals surface area contributed by atoms with Crippen LogP contribution in [0.4, 0.5) is 10.1 Å². The lowest BCUT2D eigenvalue weighted by atomic mass is 10.2. The predicted octanol–water partition coefficient (Wildman–Crippen LogP) is 1.86. The van der Waals surface area contributed by atoms with E-state index < -0.39 is 15.7 Å². The first-order valence-electron chi connectivity index (χ1n) is 7.87. The summed E-state index contributed by atoms with van der Waals surface area (Å²) in [6.07, 6.45) is 3.48. The Balaban J connectivity index is 1.63. The van der Waals surface area contributed by atoms with Crippen molar-refractivity contribution in [3.05, 3.63) is 24.0 Å². The summed E-state index contributed by atoms with van der Waals surface area (Å²) in [5, 5.41) is 0. The van der Waals surface area contributed by atoms with E-state index >= 15 is 0 Å². The lowest BCUT2D eigenvalue weighted by Gasteiger charge is -2.34. The van der Waals surface area contributed by atoms with Crippen molar-refractivity contribution in [1.82, 2.24) is 0 Å². The summed E-state index contributed by atoms with van der Waals surface area (Å²) >= 11 is 0. The SMILES string of the molecule is CS(=O)(=O)c1ccc(N2CCOC(COCC3CC3)C2)c(F)c1. The second kappa shape index (κ2) is 6.75. The molecule has 5 nitrogen and oxygen atoms in total. The molecule has 3 rings (SSSR count). The Morgan fingerprint density at radius 2 is 2.13 bits per heavy atom. The summed E-state index contributed by atoms with van der Waals surface area (Å²) < 4.78 is 48.6. The molecule has 128 valence electrons. The molecule has 0 N–H and O–H groups in total. The van der Waals surface area contributed by atoms with Crippen LogP contribution in [0, 0.1) is 11.7 Å². The number of halogens is 1. The number of hydrogen-bond donors (Lipinski definition) is 0. The molecule has 1 aromatic rings. The molecule has 1 aliphatic heterocycles. The Labute approximate surface area is 136 Å². The number of morpholine rings is 1. The number of ether oxygens (including phenoxy) is 2. The van der Waals surface area contributed by atoms with Gasteiger partial charge in [0.25, 0.3) is 0 Å². The molecule has 0 aromatic heterocycles. The fraction of sp³-hybridized carbons (Fsp3) is 0.625. The highest BCUT2D eigenvalue weighted by Crippen LogP contribution is 2.29. The minimum absolute atomic E-state index is 0.00340. The molecule has 7 heteroatoms. The second-order valence-corrected chi connectivity index (χ2v) is 8.32. The number of benzene rings is 1. The Morgan fingerprint density at radius 1 is 1.35 bits per heavy atom. The van der Waals surface area contributed by atoms with Crippen molar-refractivity contribution in [2.24, 2.45) is 5.92 Å². The maximum atomic E-state index is 14.3. The average molecular weight is 343 g/mol.